The van der Waals surface area contributed by atoms with Gasteiger partial charge < -0.3 is 15.6 Å². The summed E-state index contributed by atoms with van der Waals surface area (Å²) in [6, 6.07) is 1.45. The van der Waals surface area contributed by atoms with Gasteiger partial charge in [0, 0.05) is 12.7 Å². The van der Waals surface area contributed by atoms with Gasteiger partial charge in [0.2, 0.25) is 0 Å². The van der Waals surface area contributed by atoms with Crippen molar-refractivity contribution in [2.24, 2.45) is 5.73 Å². The summed E-state index contributed by atoms with van der Waals surface area (Å²) in [5.74, 6) is -3.68. The highest BCUT2D eigenvalue weighted by molar-refractivity contribution is 6.31. The second kappa shape index (κ2) is 6.15. The summed E-state index contributed by atoms with van der Waals surface area (Å²) in [5.41, 5.74) is 5.16. The number of alkyl halides is 2. The molecule has 0 aliphatic heterocycles. The lowest BCUT2D eigenvalue weighted by atomic mass is 10.3. The summed E-state index contributed by atoms with van der Waals surface area (Å²) in [4.78, 5) is 11.8. The highest BCUT2D eigenvalue weighted by atomic mass is 35.5. The zero-order valence-corrected chi connectivity index (χ0v) is 10.8. The fourth-order valence-electron chi connectivity index (χ4n) is 1.46. The zero-order chi connectivity index (χ0) is 13.8. The Balaban J connectivity index is 2.72. The van der Waals surface area contributed by atoms with Gasteiger partial charge in [-0.2, -0.15) is 0 Å². The van der Waals surface area contributed by atoms with Crippen molar-refractivity contribution >= 4 is 17.5 Å². The number of rotatable bonds is 6. The molecule has 0 atom stereocenters. The molecule has 1 amide bonds. The van der Waals surface area contributed by atoms with E-state index in [-0.39, 0.29) is 5.69 Å². The maximum absolute atomic E-state index is 12.9. The second-order valence-electron chi connectivity index (χ2n) is 3.98. The van der Waals surface area contributed by atoms with E-state index in [9.17, 15) is 13.6 Å². The van der Waals surface area contributed by atoms with E-state index in [0.717, 1.165) is 6.42 Å². The third-order valence-electron chi connectivity index (χ3n) is 2.37. The van der Waals surface area contributed by atoms with Crippen LogP contribution in [-0.2, 0) is 6.54 Å². The Labute approximate surface area is 109 Å². The number of aromatic nitrogens is 1. The van der Waals surface area contributed by atoms with Crippen molar-refractivity contribution in [3.05, 3.63) is 23.0 Å². The maximum atomic E-state index is 12.9. The SMILES string of the molecule is CCCn1cc(Cl)cc1C(=O)NCC(F)(F)CN. The van der Waals surface area contributed by atoms with Crippen molar-refractivity contribution in [1.82, 2.24) is 9.88 Å². The number of nitrogens with zero attached hydrogens (tertiary/aromatic N) is 1. The number of aryl methyl sites for hydroxylation is 1. The Morgan fingerprint density at radius 2 is 2.28 bits per heavy atom. The van der Waals surface area contributed by atoms with E-state index in [2.05, 4.69) is 5.32 Å². The van der Waals surface area contributed by atoms with Gasteiger partial charge in [-0.3, -0.25) is 4.79 Å². The number of amides is 1. The fourth-order valence-corrected chi connectivity index (χ4v) is 1.68. The normalized spacial score (nSPS) is 11.6. The van der Waals surface area contributed by atoms with Crippen LogP contribution in [0.1, 0.15) is 23.8 Å². The van der Waals surface area contributed by atoms with Gasteiger partial charge in [0.15, 0.2) is 0 Å². The predicted octanol–water partition coefficient (Wildman–Crippen LogP) is 1.88. The van der Waals surface area contributed by atoms with Crippen LogP contribution in [0.5, 0.6) is 0 Å². The molecule has 0 aliphatic carbocycles. The van der Waals surface area contributed by atoms with E-state index < -0.39 is 24.9 Å². The molecule has 0 saturated carbocycles. The highest BCUT2D eigenvalue weighted by Crippen LogP contribution is 2.15. The summed E-state index contributed by atoms with van der Waals surface area (Å²) < 4.78 is 27.5. The number of halogens is 3. The maximum Gasteiger partial charge on any atom is 0.277 e. The minimum absolute atomic E-state index is 0.273. The number of nitrogens with one attached hydrogen (secondary N) is 1. The van der Waals surface area contributed by atoms with E-state index in [0.29, 0.717) is 11.6 Å². The lowest BCUT2D eigenvalue weighted by Gasteiger charge is -2.15. The van der Waals surface area contributed by atoms with Gasteiger partial charge in [0.25, 0.3) is 11.8 Å². The van der Waals surface area contributed by atoms with Crippen molar-refractivity contribution in [2.45, 2.75) is 25.8 Å². The van der Waals surface area contributed by atoms with Crippen molar-refractivity contribution < 1.29 is 13.6 Å². The standard InChI is InChI=1S/C11H16ClF2N3O/c1-2-3-17-5-8(12)4-9(17)10(18)16-7-11(13,14)6-15/h4-5H,2-3,6-7,15H2,1H3,(H,16,18). The van der Waals surface area contributed by atoms with Crippen LogP contribution in [0.2, 0.25) is 5.02 Å². The minimum Gasteiger partial charge on any atom is -0.345 e. The molecule has 3 N–H and O–H groups in total. The first-order valence-electron chi connectivity index (χ1n) is 5.61. The number of carbonyl (C=O) groups excluding carboxylic acids is 1. The summed E-state index contributed by atoms with van der Waals surface area (Å²) >= 11 is 5.79. The van der Waals surface area contributed by atoms with Crippen LogP contribution >= 0.6 is 11.6 Å². The zero-order valence-electron chi connectivity index (χ0n) is 10.0. The van der Waals surface area contributed by atoms with Crippen molar-refractivity contribution in [2.75, 3.05) is 13.1 Å². The molecule has 0 fully saturated rings. The second-order valence-corrected chi connectivity index (χ2v) is 4.42. The van der Waals surface area contributed by atoms with E-state index in [1.165, 1.54) is 6.07 Å². The average molecular weight is 280 g/mol. The van der Waals surface area contributed by atoms with E-state index in [4.69, 9.17) is 17.3 Å². The molecule has 0 unspecified atom stereocenters. The third kappa shape index (κ3) is 3.96. The first kappa shape index (κ1) is 14.9. The van der Waals surface area contributed by atoms with Crippen molar-refractivity contribution in [1.29, 1.82) is 0 Å². The summed E-state index contributed by atoms with van der Waals surface area (Å²) in [6.07, 6.45) is 2.41. The van der Waals surface area contributed by atoms with E-state index in [1.807, 2.05) is 6.92 Å². The van der Waals surface area contributed by atoms with Gasteiger partial charge in [-0.05, 0) is 12.5 Å². The van der Waals surface area contributed by atoms with Gasteiger partial charge in [-0.15, -0.1) is 0 Å². The number of carbonyl (C=O) groups is 1. The average Bonchev–Trinajstić information content (AvgIpc) is 2.68. The molecule has 102 valence electrons. The summed E-state index contributed by atoms with van der Waals surface area (Å²) in [5, 5.41) is 2.56. The Bertz CT molecular complexity index is 420. The smallest absolute Gasteiger partial charge is 0.277 e. The van der Waals surface area contributed by atoms with Gasteiger partial charge in [-0.25, -0.2) is 8.78 Å². The molecule has 0 saturated heterocycles. The van der Waals surface area contributed by atoms with Crippen molar-refractivity contribution in [3.63, 3.8) is 0 Å². The molecule has 1 heterocycles. The molecule has 0 bridgehead atoms. The first-order chi connectivity index (χ1) is 8.39. The van der Waals surface area contributed by atoms with Crippen LogP contribution in [0.15, 0.2) is 12.3 Å². The lowest BCUT2D eigenvalue weighted by molar-refractivity contribution is 0.0117. The monoisotopic (exact) mass is 279 g/mol. The van der Waals surface area contributed by atoms with E-state index in [1.54, 1.807) is 10.8 Å². The van der Waals surface area contributed by atoms with Crippen LogP contribution < -0.4 is 11.1 Å². The van der Waals surface area contributed by atoms with Crippen LogP contribution in [0.3, 0.4) is 0 Å². The quantitative estimate of drug-likeness (QED) is 0.835. The largest absolute Gasteiger partial charge is 0.345 e. The van der Waals surface area contributed by atoms with Gasteiger partial charge in [0.1, 0.15) is 5.69 Å². The number of hydrogen-bond donors (Lipinski definition) is 2. The predicted molar refractivity (Wildman–Crippen MR) is 66.1 cm³/mol. The molecule has 0 radical (unpaired) electrons. The van der Waals surface area contributed by atoms with Gasteiger partial charge in [-0.1, -0.05) is 18.5 Å². The Morgan fingerprint density at radius 1 is 1.61 bits per heavy atom. The van der Waals surface area contributed by atoms with Crippen LogP contribution in [0.25, 0.3) is 0 Å². The molecular weight excluding hydrogens is 264 g/mol. The highest BCUT2D eigenvalue weighted by Gasteiger charge is 2.27. The summed E-state index contributed by atoms with van der Waals surface area (Å²) in [7, 11) is 0. The van der Waals surface area contributed by atoms with Crippen LogP contribution in [0, 0.1) is 0 Å². The van der Waals surface area contributed by atoms with Crippen LogP contribution in [-0.4, -0.2) is 29.5 Å². The Kier molecular flexibility index (Phi) is 5.10. The van der Waals surface area contributed by atoms with E-state index >= 15 is 0 Å². The minimum atomic E-state index is -3.10. The number of nitrogens with two attached hydrogens (primary N) is 1. The topological polar surface area (TPSA) is 60.0 Å². The molecule has 4 nitrogen and oxygen atoms in total. The Morgan fingerprint density at radius 3 is 2.83 bits per heavy atom. The molecule has 1 rings (SSSR count). The Hall–Kier alpha value is -1.14. The molecule has 0 aromatic carbocycles. The molecule has 0 aliphatic rings. The number of hydrogen-bond acceptors (Lipinski definition) is 2. The van der Waals surface area contributed by atoms with Crippen molar-refractivity contribution in [3.8, 4) is 0 Å². The molecule has 1 aromatic rings. The van der Waals surface area contributed by atoms with Gasteiger partial charge >= 0.3 is 0 Å². The summed E-state index contributed by atoms with van der Waals surface area (Å²) in [6.45, 7) is 0.960. The molecule has 18 heavy (non-hydrogen) atoms. The fraction of sp³-hybridized carbons (Fsp3) is 0.545. The molecule has 0 spiro atoms. The molecule has 1 aromatic heterocycles. The lowest BCUT2D eigenvalue weighted by Crippen LogP contribution is -2.42. The first-order valence-corrected chi connectivity index (χ1v) is 5.99. The van der Waals surface area contributed by atoms with Gasteiger partial charge in [0.05, 0.1) is 18.1 Å². The third-order valence-corrected chi connectivity index (χ3v) is 2.57. The molecular formula is C11H16ClF2N3O. The molecule has 7 heteroatoms. The van der Waals surface area contributed by atoms with Crippen LogP contribution in [0.4, 0.5) is 8.78 Å².